The van der Waals surface area contributed by atoms with Gasteiger partial charge in [0.05, 0.1) is 4.21 Å². The normalized spacial score (nSPS) is 23.2. The first-order valence-electron chi connectivity index (χ1n) is 5.88. The summed E-state index contributed by atoms with van der Waals surface area (Å²) in [4.78, 5) is 11.2. The molecule has 94 valence electrons. The first-order chi connectivity index (χ1) is 8.20. The summed E-state index contributed by atoms with van der Waals surface area (Å²) in [6.45, 7) is 3.01. The molecule has 0 aliphatic carbocycles. The number of nitrogens with one attached hydrogen (secondary N) is 2. The van der Waals surface area contributed by atoms with Gasteiger partial charge >= 0.3 is 0 Å². The Morgan fingerprint density at radius 3 is 3.18 bits per heavy atom. The van der Waals surface area contributed by atoms with Gasteiger partial charge < -0.3 is 10.6 Å². The third kappa shape index (κ3) is 3.24. The number of carbonyl (C=O) groups excluding carboxylic acids is 1. The average molecular weight is 270 g/mol. The second-order valence-corrected chi connectivity index (χ2v) is 6.88. The molecule has 5 heteroatoms. The van der Waals surface area contributed by atoms with Crippen molar-refractivity contribution in [1.29, 1.82) is 0 Å². The summed E-state index contributed by atoms with van der Waals surface area (Å²) in [6, 6.07) is 2.62. The zero-order valence-electron chi connectivity index (χ0n) is 10.2. The van der Waals surface area contributed by atoms with Gasteiger partial charge in [-0.05, 0) is 23.4 Å². The van der Waals surface area contributed by atoms with Gasteiger partial charge in [-0.2, -0.15) is 0 Å². The molecule has 0 bridgehead atoms. The van der Waals surface area contributed by atoms with Crippen LogP contribution in [-0.4, -0.2) is 24.7 Å². The van der Waals surface area contributed by atoms with Crippen molar-refractivity contribution in [2.75, 3.05) is 13.6 Å². The number of hydrogen-bond acceptors (Lipinski definition) is 4. The van der Waals surface area contributed by atoms with E-state index in [0.717, 1.165) is 13.0 Å². The van der Waals surface area contributed by atoms with E-state index >= 15 is 0 Å². The van der Waals surface area contributed by atoms with Gasteiger partial charge in [0.1, 0.15) is 0 Å². The quantitative estimate of drug-likeness (QED) is 0.883. The van der Waals surface area contributed by atoms with Crippen LogP contribution in [-0.2, 0) is 4.79 Å². The molecule has 2 heterocycles. The fourth-order valence-corrected chi connectivity index (χ4v) is 4.59. The molecule has 1 amide bonds. The SMILES string of the molecule is CNC(=O)CCNC1C[C@H](C)Sc2sccc21. The summed E-state index contributed by atoms with van der Waals surface area (Å²) in [6.07, 6.45) is 1.69. The van der Waals surface area contributed by atoms with Gasteiger partial charge in [0.15, 0.2) is 0 Å². The summed E-state index contributed by atoms with van der Waals surface area (Å²) >= 11 is 3.79. The molecule has 0 saturated carbocycles. The molecule has 3 nitrogen and oxygen atoms in total. The van der Waals surface area contributed by atoms with Crippen LogP contribution >= 0.6 is 23.1 Å². The van der Waals surface area contributed by atoms with E-state index in [2.05, 4.69) is 29.0 Å². The standard InChI is InChI=1S/C12H18N2OS2/c1-8-7-10(14-5-3-11(15)13-2)9-4-6-16-12(9)17-8/h4,6,8,10,14H,3,5,7H2,1-2H3,(H,13,15)/t8-,10?/m0/s1. The van der Waals surface area contributed by atoms with E-state index in [4.69, 9.17) is 0 Å². The van der Waals surface area contributed by atoms with Gasteiger partial charge in [0.25, 0.3) is 0 Å². The molecule has 1 aliphatic rings. The van der Waals surface area contributed by atoms with Crippen molar-refractivity contribution in [1.82, 2.24) is 10.6 Å². The number of fused-ring (bicyclic) bond motifs is 1. The highest BCUT2D eigenvalue weighted by Crippen LogP contribution is 2.43. The molecule has 1 aromatic heterocycles. The minimum absolute atomic E-state index is 0.0984. The molecule has 0 saturated heterocycles. The lowest BCUT2D eigenvalue weighted by molar-refractivity contribution is -0.120. The van der Waals surface area contributed by atoms with Crippen LogP contribution in [0.4, 0.5) is 0 Å². The first kappa shape index (κ1) is 12.9. The van der Waals surface area contributed by atoms with Gasteiger partial charge in [-0.25, -0.2) is 0 Å². The van der Waals surface area contributed by atoms with E-state index in [1.54, 1.807) is 7.05 Å². The highest BCUT2D eigenvalue weighted by atomic mass is 32.2. The van der Waals surface area contributed by atoms with E-state index in [9.17, 15) is 4.79 Å². The van der Waals surface area contributed by atoms with Crippen LogP contribution in [0.15, 0.2) is 15.7 Å². The van der Waals surface area contributed by atoms with E-state index in [1.165, 1.54) is 9.77 Å². The smallest absolute Gasteiger partial charge is 0.221 e. The minimum Gasteiger partial charge on any atom is -0.359 e. The van der Waals surface area contributed by atoms with Gasteiger partial charge in [-0.15, -0.1) is 23.1 Å². The van der Waals surface area contributed by atoms with E-state index < -0.39 is 0 Å². The Bertz CT molecular complexity index is 392. The number of carbonyl (C=O) groups is 1. The summed E-state index contributed by atoms with van der Waals surface area (Å²) in [5.74, 6) is 0.0984. The van der Waals surface area contributed by atoms with Crippen molar-refractivity contribution in [2.45, 2.75) is 35.3 Å². The molecule has 0 aromatic carbocycles. The van der Waals surface area contributed by atoms with Crippen LogP contribution in [0.2, 0.25) is 0 Å². The molecule has 0 spiro atoms. The van der Waals surface area contributed by atoms with E-state index in [1.807, 2.05) is 23.1 Å². The number of amides is 1. The molecule has 0 fully saturated rings. The molecule has 2 atom stereocenters. The largest absolute Gasteiger partial charge is 0.359 e. The summed E-state index contributed by atoms with van der Waals surface area (Å²) < 4.78 is 1.43. The van der Waals surface area contributed by atoms with Crippen molar-refractivity contribution in [3.63, 3.8) is 0 Å². The summed E-state index contributed by atoms with van der Waals surface area (Å²) in [5.41, 5.74) is 1.41. The monoisotopic (exact) mass is 270 g/mol. The van der Waals surface area contributed by atoms with Crippen molar-refractivity contribution >= 4 is 29.0 Å². The van der Waals surface area contributed by atoms with Crippen LogP contribution in [0.3, 0.4) is 0 Å². The average Bonchev–Trinajstić information content (AvgIpc) is 2.76. The number of hydrogen-bond donors (Lipinski definition) is 2. The zero-order valence-corrected chi connectivity index (χ0v) is 11.8. The maximum Gasteiger partial charge on any atom is 0.221 e. The third-order valence-electron chi connectivity index (χ3n) is 2.93. The van der Waals surface area contributed by atoms with Crippen LogP contribution in [0.1, 0.15) is 31.4 Å². The lowest BCUT2D eigenvalue weighted by Crippen LogP contribution is -2.30. The predicted octanol–water partition coefficient (Wildman–Crippen LogP) is 2.40. The van der Waals surface area contributed by atoms with Gasteiger partial charge in [-0.1, -0.05) is 6.92 Å². The second kappa shape index (κ2) is 5.89. The summed E-state index contributed by atoms with van der Waals surface area (Å²) in [7, 11) is 1.68. The first-order valence-corrected chi connectivity index (χ1v) is 7.64. The maximum atomic E-state index is 11.2. The Kier molecular flexibility index (Phi) is 4.48. The lowest BCUT2D eigenvalue weighted by atomic mass is 10.0. The molecular weight excluding hydrogens is 252 g/mol. The predicted molar refractivity (Wildman–Crippen MR) is 73.7 cm³/mol. The van der Waals surface area contributed by atoms with Gasteiger partial charge in [-0.3, -0.25) is 4.79 Å². The van der Waals surface area contributed by atoms with Crippen molar-refractivity contribution in [2.24, 2.45) is 0 Å². The molecular formula is C12H18N2OS2. The fourth-order valence-electron chi connectivity index (χ4n) is 2.03. The number of thiophene rings is 1. The fraction of sp³-hybridized carbons (Fsp3) is 0.583. The van der Waals surface area contributed by atoms with E-state index in [-0.39, 0.29) is 5.91 Å². The van der Waals surface area contributed by atoms with Crippen LogP contribution < -0.4 is 10.6 Å². The Hall–Kier alpha value is -0.520. The highest BCUT2D eigenvalue weighted by Gasteiger charge is 2.25. The van der Waals surface area contributed by atoms with Gasteiger partial charge in [0.2, 0.25) is 5.91 Å². The minimum atomic E-state index is 0.0984. The van der Waals surface area contributed by atoms with Crippen LogP contribution in [0.25, 0.3) is 0 Å². The number of thioether (sulfide) groups is 1. The van der Waals surface area contributed by atoms with E-state index in [0.29, 0.717) is 17.7 Å². The number of rotatable bonds is 4. The molecule has 1 aliphatic heterocycles. The summed E-state index contributed by atoms with van der Waals surface area (Å²) in [5, 5.41) is 8.94. The topological polar surface area (TPSA) is 41.1 Å². The van der Waals surface area contributed by atoms with Crippen molar-refractivity contribution in [3.8, 4) is 0 Å². The third-order valence-corrected chi connectivity index (χ3v) is 5.28. The van der Waals surface area contributed by atoms with Gasteiger partial charge in [0, 0.05) is 31.3 Å². The zero-order chi connectivity index (χ0) is 12.3. The Morgan fingerprint density at radius 1 is 1.59 bits per heavy atom. The molecule has 17 heavy (non-hydrogen) atoms. The lowest BCUT2D eigenvalue weighted by Gasteiger charge is -2.27. The molecule has 2 N–H and O–H groups in total. The molecule has 2 rings (SSSR count). The Morgan fingerprint density at radius 2 is 2.41 bits per heavy atom. The maximum absolute atomic E-state index is 11.2. The van der Waals surface area contributed by atoms with Crippen molar-refractivity contribution < 1.29 is 4.79 Å². The highest BCUT2D eigenvalue weighted by molar-refractivity contribution is 8.01. The second-order valence-electron chi connectivity index (χ2n) is 4.26. The molecule has 1 unspecified atom stereocenters. The van der Waals surface area contributed by atoms with Crippen LogP contribution in [0, 0.1) is 0 Å². The Balaban J connectivity index is 1.91. The van der Waals surface area contributed by atoms with Crippen LogP contribution in [0.5, 0.6) is 0 Å². The molecule has 1 aromatic rings. The van der Waals surface area contributed by atoms with Crippen molar-refractivity contribution in [3.05, 3.63) is 17.0 Å². The Labute approximate surface area is 110 Å². The molecule has 0 radical (unpaired) electrons.